The minimum Gasteiger partial charge on any atom is -0.391 e. The van der Waals surface area contributed by atoms with Gasteiger partial charge in [-0.2, -0.15) is 0 Å². The number of rotatable bonds is 4. The number of aliphatic hydroxyl groups is 1. The number of likely N-dealkylation sites (tertiary alicyclic amines) is 1. The maximum atomic E-state index is 9.82. The third-order valence-corrected chi connectivity index (χ3v) is 2.80. The number of hydrogen-bond acceptors (Lipinski definition) is 3. The van der Waals surface area contributed by atoms with E-state index in [-0.39, 0.29) is 11.7 Å². The van der Waals surface area contributed by atoms with Gasteiger partial charge >= 0.3 is 0 Å². The molecule has 0 radical (unpaired) electrons. The molecule has 1 aliphatic rings. The fraction of sp³-hybridized carbons (Fsp3) is 1.00. The number of hydrogen-bond donors (Lipinski definition) is 1. The van der Waals surface area contributed by atoms with E-state index in [0.717, 1.165) is 19.5 Å². The molecule has 15 heavy (non-hydrogen) atoms. The standard InChI is InChI=1S/C12H25NO2/c1-12(2,3)15-9-11(14)7-10-5-6-13(4)8-10/h10-11,14H,5-9H2,1-4H3/t10?,11-/m1/s1. The van der Waals surface area contributed by atoms with Gasteiger partial charge in [-0.3, -0.25) is 0 Å². The first-order valence-electron chi connectivity index (χ1n) is 5.87. The Morgan fingerprint density at radius 3 is 2.60 bits per heavy atom. The first-order valence-corrected chi connectivity index (χ1v) is 5.87. The molecule has 90 valence electrons. The van der Waals surface area contributed by atoms with Crippen LogP contribution in [0.25, 0.3) is 0 Å². The Kier molecular flexibility index (Phi) is 4.56. The highest BCUT2D eigenvalue weighted by Crippen LogP contribution is 2.20. The van der Waals surface area contributed by atoms with Gasteiger partial charge in [0.15, 0.2) is 0 Å². The average molecular weight is 215 g/mol. The number of ether oxygens (including phenoxy) is 1. The van der Waals surface area contributed by atoms with E-state index in [1.807, 2.05) is 20.8 Å². The van der Waals surface area contributed by atoms with Crippen LogP contribution in [0.3, 0.4) is 0 Å². The monoisotopic (exact) mass is 215 g/mol. The second-order valence-electron chi connectivity index (χ2n) is 5.73. The molecule has 0 spiro atoms. The van der Waals surface area contributed by atoms with Crippen molar-refractivity contribution in [1.29, 1.82) is 0 Å². The summed E-state index contributed by atoms with van der Waals surface area (Å²) in [5.74, 6) is 0.647. The predicted molar refractivity (Wildman–Crippen MR) is 61.9 cm³/mol. The molecule has 0 aliphatic carbocycles. The highest BCUT2D eigenvalue weighted by Gasteiger charge is 2.23. The van der Waals surface area contributed by atoms with E-state index in [1.54, 1.807) is 0 Å². The van der Waals surface area contributed by atoms with Crippen LogP contribution in [0.2, 0.25) is 0 Å². The Bertz CT molecular complexity index is 189. The van der Waals surface area contributed by atoms with Crippen molar-refractivity contribution in [3.05, 3.63) is 0 Å². The zero-order chi connectivity index (χ0) is 11.5. The van der Waals surface area contributed by atoms with Crippen molar-refractivity contribution in [1.82, 2.24) is 4.90 Å². The van der Waals surface area contributed by atoms with Gasteiger partial charge in [0, 0.05) is 6.54 Å². The first-order chi connectivity index (χ1) is 6.87. The summed E-state index contributed by atoms with van der Waals surface area (Å²) in [5, 5.41) is 9.82. The van der Waals surface area contributed by atoms with Gasteiger partial charge in [-0.15, -0.1) is 0 Å². The SMILES string of the molecule is CN1CCC(C[C@@H](O)COC(C)(C)C)C1. The molecule has 1 unspecified atom stereocenters. The summed E-state index contributed by atoms with van der Waals surface area (Å²) in [4.78, 5) is 2.32. The number of aliphatic hydroxyl groups excluding tert-OH is 1. The van der Waals surface area contributed by atoms with E-state index >= 15 is 0 Å². The Labute approximate surface area is 93.4 Å². The van der Waals surface area contributed by atoms with Crippen molar-refractivity contribution in [2.75, 3.05) is 26.7 Å². The van der Waals surface area contributed by atoms with Crippen molar-refractivity contribution in [3.8, 4) is 0 Å². The fourth-order valence-electron chi connectivity index (χ4n) is 2.02. The van der Waals surface area contributed by atoms with Gasteiger partial charge in [-0.1, -0.05) is 0 Å². The molecule has 3 nitrogen and oxygen atoms in total. The third kappa shape index (κ3) is 5.50. The summed E-state index contributed by atoms with van der Waals surface area (Å²) in [6.07, 6.45) is 1.78. The van der Waals surface area contributed by atoms with Crippen molar-refractivity contribution in [3.63, 3.8) is 0 Å². The Morgan fingerprint density at radius 1 is 1.47 bits per heavy atom. The van der Waals surface area contributed by atoms with Crippen molar-refractivity contribution in [2.24, 2.45) is 5.92 Å². The van der Waals surface area contributed by atoms with Crippen LogP contribution in [-0.2, 0) is 4.74 Å². The molecule has 0 aromatic carbocycles. The molecule has 1 aliphatic heterocycles. The quantitative estimate of drug-likeness (QED) is 0.771. The van der Waals surface area contributed by atoms with Crippen LogP contribution in [0.1, 0.15) is 33.6 Å². The van der Waals surface area contributed by atoms with Crippen LogP contribution >= 0.6 is 0 Å². The first kappa shape index (κ1) is 12.9. The summed E-state index contributed by atoms with van der Waals surface area (Å²) < 4.78 is 5.56. The van der Waals surface area contributed by atoms with E-state index in [0.29, 0.717) is 12.5 Å². The second kappa shape index (κ2) is 5.28. The van der Waals surface area contributed by atoms with Gasteiger partial charge in [-0.25, -0.2) is 0 Å². The van der Waals surface area contributed by atoms with Crippen LogP contribution in [-0.4, -0.2) is 48.5 Å². The molecule has 0 bridgehead atoms. The zero-order valence-corrected chi connectivity index (χ0v) is 10.5. The van der Waals surface area contributed by atoms with Crippen molar-refractivity contribution >= 4 is 0 Å². The Hall–Kier alpha value is -0.120. The van der Waals surface area contributed by atoms with E-state index < -0.39 is 0 Å². The molecule has 0 saturated carbocycles. The lowest BCUT2D eigenvalue weighted by molar-refractivity contribution is -0.0537. The minimum atomic E-state index is -0.305. The smallest absolute Gasteiger partial charge is 0.0777 e. The Balaban J connectivity index is 2.16. The lowest BCUT2D eigenvalue weighted by Gasteiger charge is -2.23. The summed E-state index contributed by atoms with van der Waals surface area (Å²) in [6, 6.07) is 0. The predicted octanol–water partition coefficient (Wildman–Crippen LogP) is 1.50. The Morgan fingerprint density at radius 2 is 2.13 bits per heavy atom. The molecule has 3 heteroatoms. The summed E-state index contributed by atoms with van der Waals surface area (Å²) >= 11 is 0. The summed E-state index contributed by atoms with van der Waals surface area (Å²) in [5.41, 5.74) is -0.145. The van der Waals surface area contributed by atoms with Gasteiger partial charge in [0.1, 0.15) is 0 Å². The molecule has 1 saturated heterocycles. The van der Waals surface area contributed by atoms with Gasteiger partial charge in [0.2, 0.25) is 0 Å². The summed E-state index contributed by atoms with van der Waals surface area (Å²) in [7, 11) is 2.14. The third-order valence-electron chi connectivity index (χ3n) is 2.80. The second-order valence-corrected chi connectivity index (χ2v) is 5.73. The van der Waals surface area contributed by atoms with Gasteiger partial charge in [-0.05, 0) is 53.1 Å². The molecule has 1 rings (SSSR count). The summed E-state index contributed by atoms with van der Waals surface area (Å²) in [6.45, 7) is 8.79. The molecule has 1 fully saturated rings. The van der Waals surface area contributed by atoms with Gasteiger partial charge in [0.25, 0.3) is 0 Å². The van der Waals surface area contributed by atoms with E-state index in [4.69, 9.17) is 4.74 Å². The highest BCUT2D eigenvalue weighted by molar-refractivity contribution is 4.75. The van der Waals surface area contributed by atoms with Crippen LogP contribution < -0.4 is 0 Å². The molecule has 1 heterocycles. The molecule has 0 aromatic rings. The van der Waals surface area contributed by atoms with E-state index in [9.17, 15) is 5.11 Å². The molecular formula is C12H25NO2. The lowest BCUT2D eigenvalue weighted by atomic mass is 10.0. The normalized spacial score (nSPS) is 25.8. The average Bonchev–Trinajstić information content (AvgIpc) is 2.47. The molecule has 0 aromatic heterocycles. The van der Waals surface area contributed by atoms with E-state index in [2.05, 4.69) is 11.9 Å². The van der Waals surface area contributed by atoms with Crippen LogP contribution in [0, 0.1) is 5.92 Å². The number of nitrogens with zero attached hydrogens (tertiary/aromatic N) is 1. The zero-order valence-electron chi connectivity index (χ0n) is 10.5. The molecular weight excluding hydrogens is 190 g/mol. The lowest BCUT2D eigenvalue weighted by Crippen LogP contribution is -2.28. The van der Waals surface area contributed by atoms with Crippen LogP contribution in [0.15, 0.2) is 0 Å². The maximum absolute atomic E-state index is 9.82. The minimum absolute atomic E-state index is 0.145. The van der Waals surface area contributed by atoms with Crippen LogP contribution in [0.4, 0.5) is 0 Å². The van der Waals surface area contributed by atoms with E-state index in [1.165, 1.54) is 6.42 Å². The van der Waals surface area contributed by atoms with Gasteiger partial charge in [0.05, 0.1) is 18.3 Å². The fourth-order valence-corrected chi connectivity index (χ4v) is 2.02. The topological polar surface area (TPSA) is 32.7 Å². The van der Waals surface area contributed by atoms with Crippen molar-refractivity contribution < 1.29 is 9.84 Å². The van der Waals surface area contributed by atoms with Crippen molar-refractivity contribution in [2.45, 2.75) is 45.3 Å². The highest BCUT2D eigenvalue weighted by atomic mass is 16.5. The maximum Gasteiger partial charge on any atom is 0.0777 e. The molecule has 1 N–H and O–H groups in total. The van der Waals surface area contributed by atoms with Gasteiger partial charge < -0.3 is 14.7 Å². The largest absolute Gasteiger partial charge is 0.391 e. The van der Waals surface area contributed by atoms with Crippen LogP contribution in [0.5, 0.6) is 0 Å². The molecule has 2 atom stereocenters. The molecule has 0 amide bonds.